The monoisotopic (exact) mass is 288 g/mol. The molecule has 0 amide bonds. The Morgan fingerprint density at radius 1 is 1.53 bits per heavy atom. The second-order valence-corrected chi connectivity index (χ2v) is 4.97. The molecule has 0 aliphatic carbocycles. The average Bonchev–Trinajstić information content (AvgIpc) is 2.84. The molecule has 2 aromatic heterocycles. The van der Waals surface area contributed by atoms with Crippen molar-refractivity contribution in [3.63, 3.8) is 0 Å². The summed E-state index contributed by atoms with van der Waals surface area (Å²) in [6.07, 6.45) is 0. The Balaban J connectivity index is 2.31. The number of halogens is 1. The molecule has 0 aromatic carbocycles. The van der Waals surface area contributed by atoms with Gasteiger partial charge in [-0.05, 0) is 28.1 Å². The Morgan fingerprint density at radius 3 is 2.93 bits per heavy atom. The molecule has 0 aliphatic heterocycles. The van der Waals surface area contributed by atoms with E-state index in [1.54, 1.807) is 0 Å². The highest BCUT2D eigenvalue weighted by atomic mass is 79.9. The quantitative estimate of drug-likeness (QED) is 0.794. The van der Waals surface area contributed by atoms with Crippen LogP contribution in [-0.4, -0.2) is 23.3 Å². The minimum absolute atomic E-state index is 0.142. The summed E-state index contributed by atoms with van der Waals surface area (Å²) in [7, 11) is 1.26. The third kappa shape index (κ3) is 2.07. The smallest absolute Gasteiger partial charge is 0.396 e. The third-order valence-electron chi connectivity index (χ3n) is 1.57. The molecule has 0 atom stereocenters. The van der Waals surface area contributed by atoms with Gasteiger partial charge in [-0.2, -0.15) is 0 Å². The van der Waals surface area contributed by atoms with Crippen molar-refractivity contribution in [1.29, 1.82) is 0 Å². The molecule has 2 heterocycles. The van der Waals surface area contributed by atoms with Crippen LogP contribution in [-0.2, 0) is 4.74 Å². The lowest BCUT2D eigenvalue weighted by molar-refractivity contribution is 0.0557. The molecule has 0 saturated heterocycles. The molecule has 0 unspecified atom stereocenters. The molecule has 78 valence electrons. The standard InChI is InChI=1S/C8H5BrN2O3S/c1-13-8(12)7-11-10-6(14-7)4-2-3-5(9)15-4/h2-3H,1H3. The number of thiophene rings is 1. The molecular formula is C8H5BrN2O3S. The van der Waals surface area contributed by atoms with Crippen molar-refractivity contribution in [1.82, 2.24) is 10.2 Å². The van der Waals surface area contributed by atoms with Crippen molar-refractivity contribution in [2.75, 3.05) is 7.11 Å². The maximum Gasteiger partial charge on any atom is 0.396 e. The number of hydrogen-bond acceptors (Lipinski definition) is 6. The van der Waals surface area contributed by atoms with Crippen LogP contribution in [0.15, 0.2) is 20.3 Å². The highest BCUT2D eigenvalue weighted by Gasteiger charge is 2.16. The molecule has 5 nitrogen and oxygen atoms in total. The van der Waals surface area contributed by atoms with E-state index in [1.165, 1.54) is 18.4 Å². The molecule has 0 bridgehead atoms. The lowest BCUT2D eigenvalue weighted by atomic mass is 10.5. The van der Waals surface area contributed by atoms with Gasteiger partial charge in [-0.15, -0.1) is 21.5 Å². The number of methoxy groups -OCH3 is 1. The van der Waals surface area contributed by atoms with Gasteiger partial charge in [-0.25, -0.2) is 4.79 Å². The maximum absolute atomic E-state index is 11.0. The van der Waals surface area contributed by atoms with Crippen LogP contribution < -0.4 is 0 Å². The summed E-state index contributed by atoms with van der Waals surface area (Å²) >= 11 is 4.76. The summed E-state index contributed by atoms with van der Waals surface area (Å²) in [5.74, 6) is -0.465. The summed E-state index contributed by atoms with van der Waals surface area (Å²) in [5, 5.41) is 7.31. The summed E-state index contributed by atoms with van der Waals surface area (Å²) in [5.41, 5.74) is 0. The zero-order valence-electron chi connectivity index (χ0n) is 7.56. The summed E-state index contributed by atoms with van der Waals surface area (Å²) in [6.45, 7) is 0. The topological polar surface area (TPSA) is 65.2 Å². The zero-order chi connectivity index (χ0) is 10.8. The van der Waals surface area contributed by atoms with Crippen LogP contribution in [0.3, 0.4) is 0 Å². The minimum Gasteiger partial charge on any atom is -0.462 e. The van der Waals surface area contributed by atoms with E-state index in [0.29, 0.717) is 5.89 Å². The first-order valence-corrected chi connectivity index (χ1v) is 5.49. The van der Waals surface area contributed by atoms with Crippen LogP contribution in [0.4, 0.5) is 0 Å². The normalized spacial score (nSPS) is 10.3. The second-order valence-electron chi connectivity index (χ2n) is 2.51. The first-order chi connectivity index (χ1) is 7.20. The van der Waals surface area contributed by atoms with E-state index < -0.39 is 5.97 Å². The van der Waals surface area contributed by atoms with E-state index in [0.717, 1.165) is 8.66 Å². The van der Waals surface area contributed by atoms with E-state index in [4.69, 9.17) is 4.42 Å². The molecule has 2 aromatic rings. The fourth-order valence-electron chi connectivity index (χ4n) is 0.922. The van der Waals surface area contributed by atoms with Gasteiger partial charge in [0.05, 0.1) is 15.8 Å². The van der Waals surface area contributed by atoms with E-state index in [-0.39, 0.29) is 5.89 Å². The van der Waals surface area contributed by atoms with Crippen LogP contribution in [0.5, 0.6) is 0 Å². The Morgan fingerprint density at radius 2 is 2.33 bits per heavy atom. The van der Waals surface area contributed by atoms with Crippen molar-refractivity contribution >= 4 is 33.2 Å². The van der Waals surface area contributed by atoms with Crippen molar-refractivity contribution < 1.29 is 13.9 Å². The van der Waals surface area contributed by atoms with Gasteiger partial charge in [0, 0.05) is 0 Å². The summed E-state index contributed by atoms with van der Waals surface area (Å²) < 4.78 is 10.5. The Labute approximate surface area is 97.2 Å². The Bertz CT molecular complexity index is 494. The molecule has 2 rings (SSSR count). The molecule has 15 heavy (non-hydrogen) atoms. The number of aromatic nitrogens is 2. The lowest BCUT2D eigenvalue weighted by Crippen LogP contribution is -2.00. The van der Waals surface area contributed by atoms with Gasteiger partial charge in [0.1, 0.15) is 0 Å². The fourth-order valence-corrected chi connectivity index (χ4v) is 2.23. The number of carbonyl (C=O) groups is 1. The number of nitrogens with zero attached hydrogens (tertiary/aromatic N) is 2. The molecular weight excluding hydrogens is 284 g/mol. The van der Waals surface area contributed by atoms with Crippen molar-refractivity contribution in [3.05, 3.63) is 21.8 Å². The van der Waals surface area contributed by atoms with Crippen LogP contribution in [0.1, 0.15) is 10.7 Å². The maximum atomic E-state index is 11.0. The molecule has 0 aliphatic rings. The molecule has 0 spiro atoms. The van der Waals surface area contributed by atoms with E-state index in [2.05, 4.69) is 30.9 Å². The van der Waals surface area contributed by atoms with Gasteiger partial charge >= 0.3 is 11.9 Å². The Kier molecular flexibility index (Phi) is 2.83. The predicted octanol–water partition coefficient (Wildman–Crippen LogP) is 2.35. The van der Waals surface area contributed by atoms with Gasteiger partial charge in [0.2, 0.25) is 0 Å². The SMILES string of the molecule is COC(=O)c1nnc(-c2ccc(Br)s2)o1. The molecule has 0 N–H and O–H groups in total. The number of rotatable bonds is 2. The zero-order valence-corrected chi connectivity index (χ0v) is 9.96. The van der Waals surface area contributed by atoms with Crippen molar-refractivity contribution in [2.24, 2.45) is 0 Å². The van der Waals surface area contributed by atoms with E-state index in [1.807, 2.05) is 12.1 Å². The van der Waals surface area contributed by atoms with Gasteiger partial charge < -0.3 is 9.15 Å². The van der Waals surface area contributed by atoms with E-state index >= 15 is 0 Å². The second kappa shape index (κ2) is 4.11. The first kappa shape index (κ1) is 10.3. The van der Waals surface area contributed by atoms with Gasteiger partial charge in [-0.3, -0.25) is 0 Å². The molecule has 0 fully saturated rings. The predicted molar refractivity (Wildman–Crippen MR) is 56.7 cm³/mol. The van der Waals surface area contributed by atoms with Gasteiger partial charge in [0.15, 0.2) is 0 Å². The van der Waals surface area contributed by atoms with Crippen molar-refractivity contribution in [3.8, 4) is 10.8 Å². The number of hydrogen-bond donors (Lipinski definition) is 0. The first-order valence-electron chi connectivity index (χ1n) is 3.88. The van der Waals surface area contributed by atoms with Crippen LogP contribution in [0, 0.1) is 0 Å². The third-order valence-corrected chi connectivity index (χ3v) is 3.18. The van der Waals surface area contributed by atoms with Gasteiger partial charge in [0.25, 0.3) is 5.89 Å². The number of esters is 1. The van der Waals surface area contributed by atoms with Crippen LogP contribution >= 0.6 is 27.3 Å². The van der Waals surface area contributed by atoms with Gasteiger partial charge in [-0.1, -0.05) is 0 Å². The van der Waals surface area contributed by atoms with Crippen LogP contribution in [0.2, 0.25) is 0 Å². The summed E-state index contributed by atoms with van der Waals surface area (Å²) in [6, 6.07) is 3.69. The molecule has 0 radical (unpaired) electrons. The minimum atomic E-state index is -0.635. The largest absolute Gasteiger partial charge is 0.462 e. The average molecular weight is 289 g/mol. The van der Waals surface area contributed by atoms with E-state index in [9.17, 15) is 4.79 Å². The summed E-state index contributed by atoms with van der Waals surface area (Å²) in [4.78, 5) is 11.8. The fraction of sp³-hybridized carbons (Fsp3) is 0.125. The highest BCUT2D eigenvalue weighted by Crippen LogP contribution is 2.30. The highest BCUT2D eigenvalue weighted by molar-refractivity contribution is 9.11. The number of ether oxygens (including phenoxy) is 1. The lowest BCUT2D eigenvalue weighted by Gasteiger charge is -1.89. The molecule has 0 saturated carbocycles. The number of carbonyl (C=O) groups excluding carboxylic acids is 1. The van der Waals surface area contributed by atoms with Crippen molar-refractivity contribution in [2.45, 2.75) is 0 Å². The van der Waals surface area contributed by atoms with Crippen LogP contribution in [0.25, 0.3) is 10.8 Å². The molecule has 7 heteroatoms. The Hall–Kier alpha value is -1.21.